The number of nitrogens with zero attached hydrogens (tertiary/aromatic N) is 2. The molecule has 0 bridgehead atoms. The number of aromatic nitrogens is 2. The molecule has 0 saturated heterocycles. The van der Waals surface area contributed by atoms with Crippen LogP contribution in [-0.2, 0) is 6.54 Å². The summed E-state index contributed by atoms with van der Waals surface area (Å²) in [6, 6.07) is 5.02. The predicted molar refractivity (Wildman–Crippen MR) is 70.7 cm³/mol. The molecule has 0 spiro atoms. The number of anilines is 2. The van der Waals surface area contributed by atoms with Crippen molar-refractivity contribution >= 4 is 11.7 Å². The molecule has 102 valence electrons. The van der Waals surface area contributed by atoms with Crippen molar-refractivity contribution in [2.24, 2.45) is 0 Å². The molecule has 19 heavy (non-hydrogen) atoms. The van der Waals surface area contributed by atoms with Gasteiger partial charge in [0.15, 0.2) is 0 Å². The third-order valence-electron chi connectivity index (χ3n) is 2.58. The molecule has 0 aliphatic rings. The van der Waals surface area contributed by atoms with Crippen molar-refractivity contribution < 1.29 is 8.81 Å². The van der Waals surface area contributed by atoms with Crippen molar-refractivity contribution in [2.45, 2.75) is 26.8 Å². The average Bonchev–Trinajstić information content (AvgIpc) is 2.82. The van der Waals surface area contributed by atoms with E-state index in [1.165, 1.54) is 6.07 Å². The van der Waals surface area contributed by atoms with Gasteiger partial charge >= 0.3 is 6.01 Å². The lowest BCUT2D eigenvalue weighted by Crippen LogP contribution is -2.13. The second-order valence-corrected chi connectivity index (χ2v) is 4.27. The van der Waals surface area contributed by atoms with Gasteiger partial charge in [0.05, 0.1) is 6.54 Å². The molecular weight excluding hydrogens is 247 g/mol. The SMILES string of the molecule is CCCNCc1nnc(Nc2ccc(F)c(C)c2)o1. The van der Waals surface area contributed by atoms with Crippen LogP contribution >= 0.6 is 0 Å². The van der Waals surface area contributed by atoms with Gasteiger partial charge in [-0.3, -0.25) is 0 Å². The van der Waals surface area contributed by atoms with Crippen LogP contribution < -0.4 is 10.6 Å². The minimum Gasteiger partial charge on any atom is -0.406 e. The van der Waals surface area contributed by atoms with Gasteiger partial charge < -0.3 is 15.1 Å². The normalized spacial score (nSPS) is 10.7. The Labute approximate surface area is 111 Å². The Morgan fingerprint density at radius 3 is 2.89 bits per heavy atom. The van der Waals surface area contributed by atoms with E-state index in [1.54, 1.807) is 19.1 Å². The lowest BCUT2D eigenvalue weighted by molar-refractivity contribution is 0.479. The molecule has 0 aliphatic heterocycles. The minimum atomic E-state index is -0.236. The van der Waals surface area contributed by atoms with Crippen molar-refractivity contribution in [3.8, 4) is 0 Å². The number of hydrogen-bond acceptors (Lipinski definition) is 5. The van der Waals surface area contributed by atoms with Crippen molar-refractivity contribution in [3.05, 3.63) is 35.5 Å². The van der Waals surface area contributed by atoms with Crippen LogP contribution in [0.4, 0.5) is 16.1 Å². The lowest BCUT2D eigenvalue weighted by Gasteiger charge is -2.03. The molecule has 1 heterocycles. The summed E-state index contributed by atoms with van der Waals surface area (Å²) < 4.78 is 18.5. The highest BCUT2D eigenvalue weighted by atomic mass is 19.1. The number of benzene rings is 1. The van der Waals surface area contributed by atoms with Gasteiger partial charge in [-0.05, 0) is 43.7 Å². The maximum absolute atomic E-state index is 13.1. The highest BCUT2D eigenvalue weighted by molar-refractivity contribution is 5.53. The molecule has 2 N–H and O–H groups in total. The summed E-state index contributed by atoms with van der Waals surface area (Å²) in [6.07, 6.45) is 1.05. The van der Waals surface area contributed by atoms with Gasteiger partial charge in [0, 0.05) is 5.69 Å². The van der Waals surface area contributed by atoms with E-state index >= 15 is 0 Å². The molecule has 1 aromatic heterocycles. The molecular formula is C13H17FN4O. The highest BCUT2D eigenvalue weighted by Gasteiger charge is 2.06. The van der Waals surface area contributed by atoms with E-state index in [2.05, 4.69) is 27.8 Å². The first kappa shape index (κ1) is 13.5. The van der Waals surface area contributed by atoms with Gasteiger partial charge in [0.2, 0.25) is 5.89 Å². The van der Waals surface area contributed by atoms with Gasteiger partial charge in [-0.25, -0.2) is 4.39 Å². The largest absolute Gasteiger partial charge is 0.406 e. The zero-order chi connectivity index (χ0) is 13.7. The van der Waals surface area contributed by atoms with E-state index in [1.807, 2.05) is 0 Å². The van der Waals surface area contributed by atoms with E-state index in [-0.39, 0.29) is 5.82 Å². The molecule has 0 amide bonds. The molecule has 1 aromatic carbocycles. The Morgan fingerprint density at radius 2 is 2.16 bits per heavy atom. The molecule has 2 rings (SSSR count). The molecule has 6 heteroatoms. The highest BCUT2D eigenvalue weighted by Crippen LogP contribution is 2.18. The van der Waals surface area contributed by atoms with Crippen molar-refractivity contribution in [2.75, 3.05) is 11.9 Å². The summed E-state index contributed by atoms with van der Waals surface area (Å²) in [5.74, 6) is 0.287. The maximum atomic E-state index is 13.1. The second-order valence-electron chi connectivity index (χ2n) is 4.27. The molecule has 2 aromatic rings. The van der Waals surface area contributed by atoms with E-state index in [4.69, 9.17) is 4.42 Å². The molecule has 0 aliphatic carbocycles. The summed E-state index contributed by atoms with van der Waals surface area (Å²) in [7, 11) is 0. The molecule has 0 radical (unpaired) electrons. The molecule has 0 fully saturated rings. The summed E-state index contributed by atoms with van der Waals surface area (Å²) >= 11 is 0. The summed E-state index contributed by atoms with van der Waals surface area (Å²) in [5, 5.41) is 13.9. The van der Waals surface area contributed by atoms with Crippen LogP contribution in [0.1, 0.15) is 24.8 Å². The van der Waals surface area contributed by atoms with E-state index in [9.17, 15) is 4.39 Å². The zero-order valence-electron chi connectivity index (χ0n) is 11.0. The monoisotopic (exact) mass is 264 g/mol. The Morgan fingerprint density at radius 1 is 1.32 bits per heavy atom. The average molecular weight is 264 g/mol. The fraction of sp³-hybridized carbons (Fsp3) is 0.385. The number of halogens is 1. The Kier molecular flexibility index (Phi) is 4.46. The van der Waals surface area contributed by atoms with Crippen LogP contribution in [-0.4, -0.2) is 16.7 Å². The number of hydrogen-bond donors (Lipinski definition) is 2. The maximum Gasteiger partial charge on any atom is 0.320 e. The second kappa shape index (κ2) is 6.29. The first-order valence-corrected chi connectivity index (χ1v) is 6.25. The van der Waals surface area contributed by atoms with Gasteiger partial charge in [-0.1, -0.05) is 12.0 Å². The van der Waals surface area contributed by atoms with Crippen LogP contribution in [0.3, 0.4) is 0 Å². The Hall–Kier alpha value is -1.95. The van der Waals surface area contributed by atoms with Crippen molar-refractivity contribution in [3.63, 3.8) is 0 Å². The van der Waals surface area contributed by atoms with Crippen LogP contribution in [0, 0.1) is 12.7 Å². The van der Waals surface area contributed by atoms with Crippen LogP contribution in [0.5, 0.6) is 0 Å². The zero-order valence-corrected chi connectivity index (χ0v) is 11.0. The smallest absolute Gasteiger partial charge is 0.320 e. The predicted octanol–water partition coefficient (Wildman–Crippen LogP) is 2.76. The standard InChI is InChI=1S/C13H17FN4O/c1-3-6-15-8-12-17-18-13(19-12)16-10-4-5-11(14)9(2)7-10/h4-5,7,15H,3,6,8H2,1-2H3,(H,16,18). The van der Waals surface area contributed by atoms with Crippen molar-refractivity contribution in [1.29, 1.82) is 0 Å². The molecule has 0 saturated carbocycles. The summed E-state index contributed by atoms with van der Waals surface area (Å²) in [4.78, 5) is 0. The molecule has 5 nitrogen and oxygen atoms in total. The lowest BCUT2D eigenvalue weighted by atomic mass is 10.2. The molecule has 0 unspecified atom stereocenters. The Bertz CT molecular complexity index is 541. The van der Waals surface area contributed by atoms with Gasteiger partial charge in [0.25, 0.3) is 0 Å². The fourth-order valence-corrected chi connectivity index (χ4v) is 1.59. The summed E-state index contributed by atoms with van der Waals surface area (Å²) in [6.45, 7) is 5.24. The first-order chi connectivity index (χ1) is 9.19. The van der Waals surface area contributed by atoms with Crippen molar-refractivity contribution in [1.82, 2.24) is 15.5 Å². The molecule has 0 atom stereocenters. The topological polar surface area (TPSA) is 63.0 Å². The van der Waals surface area contributed by atoms with E-state index < -0.39 is 0 Å². The van der Waals surface area contributed by atoms with E-state index in [0.29, 0.717) is 24.0 Å². The number of nitrogens with one attached hydrogen (secondary N) is 2. The number of aryl methyl sites for hydroxylation is 1. The fourth-order valence-electron chi connectivity index (χ4n) is 1.59. The number of rotatable bonds is 6. The third kappa shape index (κ3) is 3.75. The summed E-state index contributed by atoms with van der Waals surface area (Å²) in [5.41, 5.74) is 1.28. The van der Waals surface area contributed by atoms with Crippen LogP contribution in [0.2, 0.25) is 0 Å². The Balaban J connectivity index is 1.97. The quantitative estimate of drug-likeness (QED) is 0.785. The van der Waals surface area contributed by atoms with Gasteiger partial charge in [-0.15, -0.1) is 5.10 Å². The van der Waals surface area contributed by atoms with Crippen LogP contribution in [0.15, 0.2) is 22.6 Å². The van der Waals surface area contributed by atoms with Gasteiger partial charge in [0.1, 0.15) is 5.82 Å². The third-order valence-corrected chi connectivity index (χ3v) is 2.58. The van der Waals surface area contributed by atoms with Gasteiger partial charge in [-0.2, -0.15) is 0 Å². The minimum absolute atomic E-state index is 0.236. The van der Waals surface area contributed by atoms with Crippen LogP contribution in [0.25, 0.3) is 0 Å². The van der Waals surface area contributed by atoms with E-state index in [0.717, 1.165) is 18.7 Å². The first-order valence-electron chi connectivity index (χ1n) is 6.25.